The average molecular weight is 213 g/mol. The maximum absolute atomic E-state index is 11.1. The van der Waals surface area contributed by atoms with Crippen molar-refractivity contribution >= 4 is 22.3 Å². The summed E-state index contributed by atoms with van der Waals surface area (Å²) in [6, 6.07) is 3.49. The molecule has 0 fully saturated rings. The smallest absolute Gasteiger partial charge is 0.127 e. The minimum absolute atomic E-state index is 0.646. The third kappa shape index (κ3) is 3.74. The summed E-state index contributed by atoms with van der Waals surface area (Å²) in [5.74, 6) is 2.08. The largest absolute Gasteiger partial charge is 0.399 e. The van der Waals surface area contributed by atoms with Crippen LogP contribution in [0.4, 0.5) is 11.5 Å². The van der Waals surface area contributed by atoms with Crippen molar-refractivity contribution in [3.8, 4) is 0 Å². The predicted molar refractivity (Wildman–Crippen MR) is 60.7 cm³/mol. The summed E-state index contributed by atoms with van der Waals surface area (Å²) in [6.45, 7) is 2.58. The zero-order valence-electron chi connectivity index (χ0n) is 8.19. The second-order valence-electron chi connectivity index (χ2n) is 2.83. The fourth-order valence-electron chi connectivity index (χ4n) is 0.981. The molecule has 4 nitrogen and oxygen atoms in total. The van der Waals surface area contributed by atoms with Crippen LogP contribution in [0.15, 0.2) is 18.3 Å². The van der Waals surface area contributed by atoms with Crippen LogP contribution in [0.5, 0.6) is 0 Å². The Labute approximate surface area is 86.4 Å². The number of nitrogen functional groups attached to an aromatic ring is 1. The van der Waals surface area contributed by atoms with E-state index in [-0.39, 0.29) is 0 Å². The number of rotatable bonds is 5. The molecule has 0 radical (unpaired) electrons. The Morgan fingerprint density at radius 3 is 3.07 bits per heavy atom. The van der Waals surface area contributed by atoms with E-state index >= 15 is 0 Å². The second-order valence-corrected chi connectivity index (χ2v) is 4.70. The molecule has 0 amide bonds. The van der Waals surface area contributed by atoms with E-state index in [0.717, 1.165) is 5.82 Å². The molecule has 3 N–H and O–H groups in total. The third-order valence-electron chi connectivity index (χ3n) is 1.74. The standard InChI is InChI=1S/C9H15N3OS/c1-2-14(13)6-5-12-9-7-8(10)3-4-11-9/h3-4,7H,2,5-6H2,1H3,(H3,10,11,12). The molecular formula is C9H15N3OS. The zero-order chi connectivity index (χ0) is 10.4. The Balaban J connectivity index is 2.35. The summed E-state index contributed by atoms with van der Waals surface area (Å²) in [4.78, 5) is 4.07. The first-order chi connectivity index (χ1) is 6.72. The summed E-state index contributed by atoms with van der Waals surface area (Å²) in [6.07, 6.45) is 1.65. The summed E-state index contributed by atoms with van der Waals surface area (Å²) >= 11 is 0. The maximum Gasteiger partial charge on any atom is 0.127 e. The number of pyridine rings is 1. The molecule has 0 aromatic carbocycles. The molecular weight excluding hydrogens is 198 g/mol. The highest BCUT2D eigenvalue weighted by Gasteiger charge is 1.97. The minimum atomic E-state index is -0.728. The Morgan fingerprint density at radius 1 is 1.64 bits per heavy atom. The van der Waals surface area contributed by atoms with Crippen molar-refractivity contribution in [1.29, 1.82) is 0 Å². The third-order valence-corrected chi connectivity index (χ3v) is 3.05. The number of nitrogens with zero attached hydrogens (tertiary/aromatic N) is 1. The van der Waals surface area contributed by atoms with Crippen LogP contribution < -0.4 is 11.1 Å². The monoisotopic (exact) mass is 213 g/mol. The molecule has 0 bridgehead atoms. The fraction of sp³-hybridized carbons (Fsp3) is 0.444. The summed E-state index contributed by atoms with van der Waals surface area (Å²) in [5.41, 5.74) is 6.26. The van der Waals surface area contributed by atoms with E-state index in [1.165, 1.54) is 0 Å². The lowest BCUT2D eigenvalue weighted by Crippen LogP contribution is -2.12. The van der Waals surface area contributed by atoms with Gasteiger partial charge in [0, 0.05) is 46.8 Å². The molecule has 0 aliphatic rings. The molecule has 0 saturated heterocycles. The van der Waals surface area contributed by atoms with E-state index in [1.54, 1.807) is 18.3 Å². The number of aromatic nitrogens is 1. The lowest BCUT2D eigenvalue weighted by molar-refractivity contribution is 0.684. The van der Waals surface area contributed by atoms with Crippen LogP contribution >= 0.6 is 0 Å². The van der Waals surface area contributed by atoms with E-state index in [1.807, 2.05) is 6.92 Å². The molecule has 0 aliphatic heterocycles. The molecule has 5 heteroatoms. The van der Waals surface area contributed by atoms with Crippen molar-refractivity contribution in [2.75, 3.05) is 29.1 Å². The molecule has 1 atom stereocenters. The van der Waals surface area contributed by atoms with Crippen LogP contribution in [0.2, 0.25) is 0 Å². The number of anilines is 2. The van der Waals surface area contributed by atoms with Crippen molar-refractivity contribution < 1.29 is 4.21 Å². The quantitative estimate of drug-likeness (QED) is 0.760. The van der Waals surface area contributed by atoms with Gasteiger partial charge in [0.1, 0.15) is 5.82 Å². The molecule has 78 valence electrons. The lowest BCUT2D eigenvalue weighted by atomic mass is 10.4. The highest BCUT2D eigenvalue weighted by Crippen LogP contribution is 2.06. The second kappa shape index (κ2) is 5.59. The number of nitrogens with two attached hydrogens (primary N) is 1. The Bertz CT molecular complexity index is 317. The summed E-state index contributed by atoms with van der Waals surface area (Å²) < 4.78 is 11.1. The van der Waals surface area contributed by atoms with Gasteiger partial charge in [-0.2, -0.15) is 0 Å². The van der Waals surface area contributed by atoms with Crippen molar-refractivity contribution in [1.82, 2.24) is 4.98 Å². The SMILES string of the molecule is CCS(=O)CCNc1cc(N)ccn1. The van der Waals surface area contributed by atoms with Crippen LogP contribution in [0.25, 0.3) is 0 Å². The number of hydrogen-bond acceptors (Lipinski definition) is 4. The molecule has 1 unspecified atom stereocenters. The van der Waals surface area contributed by atoms with E-state index in [9.17, 15) is 4.21 Å². The van der Waals surface area contributed by atoms with E-state index in [4.69, 9.17) is 5.73 Å². The number of hydrogen-bond donors (Lipinski definition) is 2. The van der Waals surface area contributed by atoms with Crippen LogP contribution in [-0.2, 0) is 10.8 Å². The van der Waals surface area contributed by atoms with Crippen LogP contribution in [0, 0.1) is 0 Å². The zero-order valence-corrected chi connectivity index (χ0v) is 9.01. The molecule has 0 saturated carbocycles. The Hall–Kier alpha value is -1.10. The van der Waals surface area contributed by atoms with Gasteiger partial charge in [-0.15, -0.1) is 0 Å². The molecule has 1 rings (SSSR count). The molecule has 14 heavy (non-hydrogen) atoms. The van der Waals surface area contributed by atoms with E-state index in [2.05, 4.69) is 10.3 Å². The van der Waals surface area contributed by atoms with Gasteiger partial charge in [-0.05, 0) is 6.07 Å². The maximum atomic E-state index is 11.1. The fourth-order valence-corrected chi connectivity index (χ4v) is 1.60. The van der Waals surface area contributed by atoms with Gasteiger partial charge in [0.05, 0.1) is 0 Å². The van der Waals surface area contributed by atoms with Crippen molar-refractivity contribution in [3.05, 3.63) is 18.3 Å². The number of nitrogens with one attached hydrogen (secondary N) is 1. The first-order valence-electron chi connectivity index (χ1n) is 4.52. The van der Waals surface area contributed by atoms with Gasteiger partial charge in [-0.3, -0.25) is 4.21 Å². The average Bonchev–Trinajstić information content (AvgIpc) is 2.17. The van der Waals surface area contributed by atoms with Gasteiger partial charge in [-0.1, -0.05) is 6.92 Å². The van der Waals surface area contributed by atoms with Gasteiger partial charge in [0.25, 0.3) is 0 Å². The Morgan fingerprint density at radius 2 is 2.43 bits per heavy atom. The lowest BCUT2D eigenvalue weighted by Gasteiger charge is -2.04. The minimum Gasteiger partial charge on any atom is -0.399 e. The van der Waals surface area contributed by atoms with Crippen LogP contribution in [0.1, 0.15) is 6.92 Å². The summed E-state index contributed by atoms with van der Waals surface area (Å²) in [7, 11) is -0.728. The van der Waals surface area contributed by atoms with E-state index < -0.39 is 10.8 Å². The van der Waals surface area contributed by atoms with Crippen LogP contribution in [-0.4, -0.2) is 27.2 Å². The normalized spacial score (nSPS) is 12.4. The van der Waals surface area contributed by atoms with Gasteiger partial charge in [0.15, 0.2) is 0 Å². The highest BCUT2D eigenvalue weighted by molar-refractivity contribution is 7.84. The first kappa shape index (κ1) is 11.0. The molecule has 1 aromatic rings. The highest BCUT2D eigenvalue weighted by atomic mass is 32.2. The topological polar surface area (TPSA) is 68.0 Å². The van der Waals surface area contributed by atoms with Gasteiger partial charge < -0.3 is 11.1 Å². The predicted octanol–water partition coefficient (Wildman–Crippen LogP) is 0.844. The summed E-state index contributed by atoms with van der Waals surface area (Å²) in [5, 5.41) is 3.07. The molecule has 0 spiro atoms. The molecule has 0 aliphatic carbocycles. The van der Waals surface area contributed by atoms with Crippen molar-refractivity contribution in [2.45, 2.75) is 6.92 Å². The Kier molecular flexibility index (Phi) is 4.39. The van der Waals surface area contributed by atoms with Crippen molar-refractivity contribution in [2.24, 2.45) is 0 Å². The van der Waals surface area contributed by atoms with Crippen molar-refractivity contribution in [3.63, 3.8) is 0 Å². The van der Waals surface area contributed by atoms with Gasteiger partial charge >= 0.3 is 0 Å². The molecule has 1 heterocycles. The van der Waals surface area contributed by atoms with Gasteiger partial charge in [0.2, 0.25) is 0 Å². The first-order valence-corrected chi connectivity index (χ1v) is 6.01. The van der Waals surface area contributed by atoms with E-state index in [0.29, 0.717) is 23.7 Å². The van der Waals surface area contributed by atoms with Crippen LogP contribution in [0.3, 0.4) is 0 Å². The van der Waals surface area contributed by atoms with Gasteiger partial charge in [-0.25, -0.2) is 4.98 Å². The molecule has 1 aromatic heterocycles.